The smallest absolute Gasteiger partial charge is 0.315 e. The van der Waals surface area contributed by atoms with E-state index in [2.05, 4.69) is 31.3 Å². The van der Waals surface area contributed by atoms with E-state index >= 15 is 0 Å². The van der Waals surface area contributed by atoms with Gasteiger partial charge >= 0.3 is 6.03 Å². The summed E-state index contributed by atoms with van der Waals surface area (Å²) in [6.07, 6.45) is 7.42. The van der Waals surface area contributed by atoms with Crippen molar-refractivity contribution in [3.05, 3.63) is 10.4 Å². The van der Waals surface area contributed by atoms with Crippen LogP contribution in [-0.4, -0.2) is 113 Å². The first-order valence-electron chi connectivity index (χ1n) is 15.1. The predicted octanol–water partition coefficient (Wildman–Crippen LogP) is 2.27. The largest absolute Gasteiger partial charge is 0.379 e. The summed E-state index contributed by atoms with van der Waals surface area (Å²) in [6.45, 7) is 5.12. The number of unbranched alkanes of at least 4 members (excludes halogenated alkanes) is 4. The van der Waals surface area contributed by atoms with Gasteiger partial charge in [0.2, 0.25) is 11.8 Å². The number of nitrogens with one attached hydrogen (secondary N) is 4. The van der Waals surface area contributed by atoms with Gasteiger partial charge in [0.05, 0.1) is 64.9 Å². The molecule has 0 aromatic carbocycles. The van der Waals surface area contributed by atoms with Gasteiger partial charge in [0, 0.05) is 48.4 Å². The molecule has 0 saturated carbocycles. The highest BCUT2D eigenvalue weighted by atomic mass is 32.2. The third-order valence-corrected chi connectivity index (χ3v) is 8.32. The highest BCUT2D eigenvalue weighted by molar-refractivity contribution is 8.00. The van der Waals surface area contributed by atoms with Crippen molar-refractivity contribution < 1.29 is 33.3 Å². The van der Waals surface area contributed by atoms with Crippen molar-refractivity contribution in [2.75, 3.05) is 78.2 Å². The molecule has 42 heavy (non-hydrogen) atoms. The van der Waals surface area contributed by atoms with Crippen molar-refractivity contribution in [1.29, 1.82) is 0 Å². The number of carbonyl (C=O) groups is 3. The van der Waals surface area contributed by atoms with Gasteiger partial charge in [-0.25, -0.2) is 4.79 Å². The SMILES string of the molecule is [N-]=[N+]=NCCCCCCNC(=O)CCOCCOCCOCCOCCNC(=O)CCCC[C@@H]1SC[C@@H]2NC(=O)N[C@@H]21. The third-order valence-electron chi connectivity index (χ3n) is 6.81. The van der Waals surface area contributed by atoms with Gasteiger partial charge in [0.1, 0.15) is 0 Å². The molecule has 0 aromatic rings. The average molecular weight is 616 g/mol. The van der Waals surface area contributed by atoms with Crippen LogP contribution in [0.15, 0.2) is 5.11 Å². The molecule has 0 bridgehead atoms. The molecule has 4 N–H and O–H groups in total. The van der Waals surface area contributed by atoms with Gasteiger partial charge in [0.15, 0.2) is 0 Å². The van der Waals surface area contributed by atoms with Crippen LogP contribution in [-0.2, 0) is 28.5 Å². The number of hydrogen-bond donors (Lipinski definition) is 4. The zero-order chi connectivity index (χ0) is 30.1. The van der Waals surface area contributed by atoms with Gasteiger partial charge in [-0.3, -0.25) is 9.59 Å². The summed E-state index contributed by atoms with van der Waals surface area (Å²) in [7, 11) is 0. The molecule has 3 atom stereocenters. The minimum atomic E-state index is -0.0632. The molecule has 0 aliphatic carbocycles. The second-order valence-corrected chi connectivity index (χ2v) is 11.4. The lowest BCUT2D eigenvalue weighted by Crippen LogP contribution is -2.36. The number of fused-ring (bicyclic) bond motifs is 1. The molecule has 240 valence electrons. The van der Waals surface area contributed by atoms with Crippen molar-refractivity contribution >= 4 is 29.6 Å². The summed E-state index contributed by atoms with van der Waals surface area (Å²) in [5.41, 5.74) is 8.20. The Morgan fingerprint density at radius 1 is 0.810 bits per heavy atom. The quantitative estimate of drug-likeness (QED) is 0.0356. The average Bonchev–Trinajstić information content (AvgIpc) is 3.53. The highest BCUT2D eigenvalue weighted by Gasteiger charge is 2.42. The Hall–Kier alpha value is -2.29. The fourth-order valence-corrected chi connectivity index (χ4v) is 6.12. The Balaban J connectivity index is 1.23. The maximum absolute atomic E-state index is 12.0. The van der Waals surface area contributed by atoms with Crippen LogP contribution in [0.1, 0.15) is 57.8 Å². The lowest BCUT2D eigenvalue weighted by atomic mass is 10.0. The fraction of sp³-hybridized carbons (Fsp3) is 0.889. The number of amides is 4. The van der Waals surface area contributed by atoms with Gasteiger partial charge in [-0.15, -0.1) is 0 Å². The Morgan fingerprint density at radius 3 is 2.19 bits per heavy atom. The van der Waals surface area contributed by atoms with E-state index in [1.165, 1.54) is 0 Å². The van der Waals surface area contributed by atoms with E-state index < -0.39 is 0 Å². The second-order valence-electron chi connectivity index (χ2n) is 10.1. The first-order chi connectivity index (χ1) is 20.6. The van der Waals surface area contributed by atoms with E-state index in [-0.39, 0.29) is 29.9 Å². The van der Waals surface area contributed by atoms with Crippen molar-refractivity contribution in [2.45, 2.75) is 75.1 Å². The minimum absolute atomic E-state index is 0.0220. The van der Waals surface area contributed by atoms with Crippen LogP contribution < -0.4 is 21.3 Å². The topological polar surface area (TPSA) is 185 Å². The third kappa shape index (κ3) is 17.6. The Kier molecular flexibility index (Phi) is 20.7. The van der Waals surface area contributed by atoms with Crippen LogP contribution in [0, 0.1) is 0 Å². The number of urea groups is 1. The molecule has 0 aromatic heterocycles. The summed E-state index contributed by atoms with van der Waals surface area (Å²) in [5, 5.41) is 15.6. The highest BCUT2D eigenvalue weighted by Crippen LogP contribution is 2.33. The van der Waals surface area contributed by atoms with E-state index in [9.17, 15) is 14.4 Å². The van der Waals surface area contributed by atoms with Gasteiger partial charge in [-0.2, -0.15) is 11.8 Å². The molecule has 2 saturated heterocycles. The normalized spacial score (nSPS) is 19.0. The molecule has 0 radical (unpaired) electrons. The first kappa shape index (κ1) is 35.9. The monoisotopic (exact) mass is 615 g/mol. The van der Waals surface area contributed by atoms with Crippen LogP contribution in [0.2, 0.25) is 0 Å². The van der Waals surface area contributed by atoms with Gasteiger partial charge in [0.25, 0.3) is 0 Å². The number of carbonyl (C=O) groups excluding carboxylic acids is 3. The molecule has 14 nitrogen and oxygen atoms in total. The molecule has 4 amide bonds. The molecule has 15 heteroatoms. The molecule has 2 aliphatic rings. The van der Waals surface area contributed by atoms with E-state index in [4.69, 9.17) is 24.5 Å². The van der Waals surface area contributed by atoms with E-state index in [1.807, 2.05) is 11.8 Å². The van der Waals surface area contributed by atoms with E-state index in [0.717, 1.165) is 50.7 Å². The molecular weight excluding hydrogens is 566 g/mol. The maximum atomic E-state index is 12.0. The van der Waals surface area contributed by atoms with Crippen molar-refractivity contribution in [3.8, 4) is 0 Å². The van der Waals surface area contributed by atoms with Crippen LogP contribution in [0.3, 0.4) is 0 Å². The summed E-state index contributed by atoms with van der Waals surface area (Å²) < 4.78 is 21.8. The number of ether oxygens (including phenoxy) is 4. The number of azide groups is 1. The maximum Gasteiger partial charge on any atom is 0.315 e. The zero-order valence-corrected chi connectivity index (χ0v) is 25.5. The molecule has 0 spiro atoms. The van der Waals surface area contributed by atoms with Crippen LogP contribution >= 0.6 is 11.8 Å². The second kappa shape index (κ2) is 24.2. The zero-order valence-electron chi connectivity index (χ0n) is 24.7. The van der Waals surface area contributed by atoms with Crippen LogP contribution in [0.5, 0.6) is 0 Å². The summed E-state index contributed by atoms with van der Waals surface area (Å²) in [5.74, 6) is 0.973. The molecule has 2 heterocycles. The van der Waals surface area contributed by atoms with Gasteiger partial charge < -0.3 is 40.2 Å². The van der Waals surface area contributed by atoms with Crippen LogP contribution in [0.25, 0.3) is 10.4 Å². The van der Waals surface area contributed by atoms with E-state index in [1.54, 1.807) is 0 Å². The molecule has 0 unspecified atom stereocenters. The minimum Gasteiger partial charge on any atom is -0.379 e. The van der Waals surface area contributed by atoms with Crippen molar-refractivity contribution in [1.82, 2.24) is 21.3 Å². The lowest BCUT2D eigenvalue weighted by molar-refractivity contribution is -0.122. The fourth-order valence-electron chi connectivity index (χ4n) is 4.57. The van der Waals surface area contributed by atoms with Crippen molar-refractivity contribution in [2.24, 2.45) is 5.11 Å². The summed E-state index contributed by atoms with van der Waals surface area (Å²) in [6, 6.07) is 0.403. The Bertz CT molecular complexity index is 820. The molecular formula is C27H49N7O7S. The standard InChI is InChI=1S/C27H49N7O7S/c28-34-31-11-6-2-1-5-10-29-25(36)9-13-38-15-17-40-19-20-41-18-16-39-14-12-30-24(35)8-4-3-7-23-26-22(21-42-23)32-27(37)33-26/h22-23,26H,1-21H2,(H,29,36)(H,30,35)(H2,32,33,37)/t22-,23-,26-/m0/s1. The number of hydrogen-bond acceptors (Lipinski definition) is 9. The Morgan fingerprint density at radius 2 is 1.45 bits per heavy atom. The van der Waals surface area contributed by atoms with Crippen LogP contribution in [0.4, 0.5) is 4.79 Å². The number of rotatable bonds is 27. The molecule has 2 fully saturated rings. The summed E-state index contributed by atoms with van der Waals surface area (Å²) in [4.78, 5) is 37.9. The van der Waals surface area contributed by atoms with Crippen molar-refractivity contribution in [3.63, 3.8) is 0 Å². The van der Waals surface area contributed by atoms with Gasteiger partial charge in [-0.1, -0.05) is 24.4 Å². The predicted molar refractivity (Wildman–Crippen MR) is 160 cm³/mol. The Labute approximate surface area is 253 Å². The first-order valence-corrected chi connectivity index (χ1v) is 16.2. The van der Waals surface area contributed by atoms with Gasteiger partial charge in [-0.05, 0) is 31.2 Å². The number of nitrogens with zero attached hydrogens (tertiary/aromatic N) is 3. The molecule has 2 aliphatic heterocycles. The van der Waals surface area contributed by atoms with E-state index in [0.29, 0.717) is 90.6 Å². The lowest BCUT2D eigenvalue weighted by Gasteiger charge is -2.16. The summed E-state index contributed by atoms with van der Waals surface area (Å²) >= 11 is 1.90. The molecule has 2 rings (SSSR count). The number of thioether (sulfide) groups is 1.